The molecule has 0 saturated carbocycles. The lowest BCUT2D eigenvalue weighted by molar-refractivity contribution is 0.217. The lowest BCUT2D eigenvalue weighted by Crippen LogP contribution is -2.09. The van der Waals surface area contributed by atoms with Gasteiger partial charge in [-0.15, -0.1) is 0 Å². The first-order valence-electron chi connectivity index (χ1n) is 6.96. The maximum Gasteiger partial charge on any atom is 0.122 e. The quantitative estimate of drug-likeness (QED) is 0.798. The highest BCUT2D eigenvalue weighted by atomic mass is 16.3. The van der Waals surface area contributed by atoms with Crippen LogP contribution in [0.15, 0.2) is 60.8 Å². The molecular formula is C18H18N2O. The van der Waals surface area contributed by atoms with Gasteiger partial charge in [-0.3, -0.25) is 4.98 Å². The second-order valence-corrected chi connectivity index (χ2v) is 5.31. The van der Waals surface area contributed by atoms with Crippen LogP contribution in [-0.4, -0.2) is 24.2 Å². The van der Waals surface area contributed by atoms with Crippen molar-refractivity contribution in [2.45, 2.75) is 6.10 Å². The zero-order valence-electron chi connectivity index (χ0n) is 12.2. The molecule has 1 N–H and O–H groups in total. The highest BCUT2D eigenvalue weighted by molar-refractivity contribution is 5.84. The van der Waals surface area contributed by atoms with Gasteiger partial charge in [0.05, 0.1) is 5.69 Å². The van der Waals surface area contributed by atoms with Gasteiger partial charge in [-0.25, -0.2) is 0 Å². The Morgan fingerprint density at radius 2 is 1.67 bits per heavy atom. The summed E-state index contributed by atoms with van der Waals surface area (Å²) >= 11 is 0. The maximum atomic E-state index is 10.6. The van der Waals surface area contributed by atoms with E-state index in [1.54, 1.807) is 6.20 Å². The van der Waals surface area contributed by atoms with E-state index in [1.807, 2.05) is 73.6 Å². The minimum Gasteiger partial charge on any atom is -0.382 e. The fraction of sp³-hybridized carbons (Fsp3) is 0.167. The molecule has 21 heavy (non-hydrogen) atoms. The molecule has 2 aromatic carbocycles. The molecule has 3 heteroatoms. The van der Waals surface area contributed by atoms with Crippen molar-refractivity contribution in [2.75, 3.05) is 19.0 Å². The zero-order valence-corrected chi connectivity index (χ0v) is 12.2. The number of anilines is 1. The average molecular weight is 278 g/mol. The second kappa shape index (κ2) is 5.54. The topological polar surface area (TPSA) is 36.4 Å². The molecule has 3 aromatic rings. The zero-order chi connectivity index (χ0) is 14.8. The minimum absolute atomic E-state index is 0.700. The van der Waals surface area contributed by atoms with Gasteiger partial charge >= 0.3 is 0 Å². The van der Waals surface area contributed by atoms with Crippen LogP contribution in [0.5, 0.6) is 0 Å². The van der Waals surface area contributed by atoms with Gasteiger partial charge in [0.25, 0.3) is 0 Å². The van der Waals surface area contributed by atoms with Gasteiger partial charge < -0.3 is 10.0 Å². The van der Waals surface area contributed by atoms with Crippen molar-refractivity contribution in [1.29, 1.82) is 0 Å². The molecule has 1 unspecified atom stereocenters. The number of hydrogen-bond acceptors (Lipinski definition) is 3. The van der Waals surface area contributed by atoms with E-state index >= 15 is 0 Å². The van der Waals surface area contributed by atoms with Crippen molar-refractivity contribution in [3.63, 3.8) is 0 Å². The molecule has 3 nitrogen and oxygen atoms in total. The SMILES string of the molecule is CN(C)c1ccc(C(O)c2nccc3ccccc23)cc1. The molecule has 1 atom stereocenters. The lowest BCUT2D eigenvalue weighted by Gasteiger charge is -2.16. The number of hydrogen-bond donors (Lipinski definition) is 1. The number of pyridine rings is 1. The first-order chi connectivity index (χ1) is 10.2. The fourth-order valence-corrected chi connectivity index (χ4v) is 2.47. The van der Waals surface area contributed by atoms with Gasteiger partial charge in [0.1, 0.15) is 6.10 Å². The third kappa shape index (κ3) is 2.60. The van der Waals surface area contributed by atoms with Crippen molar-refractivity contribution in [2.24, 2.45) is 0 Å². The highest BCUT2D eigenvalue weighted by Crippen LogP contribution is 2.27. The number of fused-ring (bicyclic) bond motifs is 1. The van der Waals surface area contributed by atoms with Crippen molar-refractivity contribution < 1.29 is 5.11 Å². The summed E-state index contributed by atoms with van der Waals surface area (Å²) in [6.07, 6.45) is 1.03. The summed E-state index contributed by atoms with van der Waals surface area (Å²) in [5, 5.41) is 12.7. The van der Waals surface area contributed by atoms with Crippen LogP contribution in [0, 0.1) is 0 Å². The summed E-state index contributed by atoms with van der Waals surface area (Å²) in [6, 6.07) is 17.8. The van der Waals surface area contributed by atoms with Gasteiger partial charge in [-0.1, -0.05) is 36.4 Å². The van der Waals surface area contributed by atoms with Crippen LogP contribution in [-0.2, 0) is 0 Å². The number of benzene rings is 2. The van der Waals surface area contributed by atoms with E-state index in [9.17, 15) is 5.11 Å². The number of nitrogens with zero attached hydrogens (tertiary/aromatic N) is 2. The highest BCUT2D eigenvalue weighted by Gasteiger charge is 2.15. The van der Waals surface area contributed by atoms with E-state index < -0.39 is 6.10 Å². The molecule has 1 heterocycles. The predicted molar refractivity (Wildman–Crippen MR) is 86.6 cm³/mol. The Kier molecular flexibility index (Phi) is 3.59. The summed E-state index contributed by atoms with van der Waals surface area (Å²) < 4.78 is 0. The van der Waals surface area contributed by atoms with Gasteiger partial charge in [-0.2, -0.15) is 0 Å². The molecule has 3 rings (SSSR count). The fourth-order valence-electron chi connectivity index (χ4n) is 2.47. The van der Waals surface area contributed by atoms with Gasteiger partial charge in [-0.05, 0) is 29.1 Å². The van der Waals surface area contributed by atoms with Gasteiger partial charge in [0.15, 0.2) is 0 Å². The largest absolute Gasteiger partial charge is 0.382 e. The Morgan fingerprint density at radius 3 is 2.38 bits per heavy atom. The molecule has 0 aliphatic carbocycles. The van der Waals surface area contributed by atoms with E-state index in [0.29, 0.717) is 5.69 Å². The lowest BCUT2D eigenvalue weighted by atomic mass is 10.0. The molecule has 0 aliphatic heterocycles. The maximum absolute atomic E-state index is 10.6. The summed E-state index contributed by atoms with van der Waals surface area (Å²) in [4.78, 5) is 6.41. The Bertz CT molecular complexity index is 745. The van der Waals surface area contributed by atoms with Gasteiger partial charge in [0.2, 0.25) is 0 Å². The third-order valence-electron chi connectivity index (χ3n) is 3.69. The van der Waals surface area contributed by atoms with E-state index in [4.69, 9.17) is 0 Å². The Labute approximate surface area is 124 Å². The van der Waals surface area contributed by atoms with E-state index in [-0.39, 0.29) is 0 Å². The molecule has 106 valence electrons. The average Bonchev–Trinajstić information content (AvgIpc) is 2.53. The summed E-state index contributed by atoms with van der Waals surface area (Å²) in [5.41, 5.74) is 2.66. The molecule has 0 saturated heterocycles. The summed E-state index contributed by atoms with van der Waals surface area (Å²) in [7, 11) is 4.00. The summed E-state index contributed by atoms with van der Waals surface area (Å²) in [5.74, 6) is 0. The smallest absolute Gasteiger partial charge is 0.122 e. The van der Waals surface area contributed by atoms with Crippen molar-refractivity contribution in [3.05, 3.63) is 72.1 Å². The molecule has 0 radical (unpaired) electrons. The van der Waals surface area contributed by atoms with Crippen LogP contribution in [0.25, 0.3) is 10.8 Å². The van der Waals surface area contributed by atoms with Crippen LogP contribution < -0.4 is 4.90 Å². The molecule has 0 amide bonds. The van der Waals surface area contributed by atoms with Crippen LogP contribution >= 0.6 is 0 Å². The standard InChI is InChI=1S/C18H18N2O/c1-20(2)15-9-7-14(8-10-15)18(21)17-16-6-4-3-5-13(16)11-12-19-17/h3-12,18,21H,1-2H3. The van der Waals surface area contributed by atoms with E-state index in [1.165, 1.54) is 0 Å². The normalized spacial score (nSPS) is 12.3. The van der Waals surface area contributed by atoms with Crippen LogP contribution in [0.1, 0.15) is 17.4 Å². The molecule has 0 aliphatic rings. The second-order valence-electron chi connectivity index (χ2n) is 5.31. The monoisotopic (exact) mass is 278 g/mol. The number of aliphatic hydroxyl groups is 1. The first-order valence-corrected chi connectivity index (χ1v) is 6.96. The molecular weight excluding hydrogens is 260 g/mol. The Hall–Kier alpha value is -2.39. The molecule has 0 spiro atoms. The minimum atomic E-state index is -0.715. The van der Waals surface area contributed by atoms with Gasteiger partial charge in [0, 0.05) is 31.4 Å². The van der Waals surface area contributed by atoms with Crippen LogP contribution in [0.4, 0.5) is 5.69 Å². The van der Waals surface area contributed by atoms with E-state index in [2.05, 4.69) is 4.98 Å². The Balaban J connectivity index is 2.02. The number of aromatic nitrogens is 1. The predicted octanol–water partition coefficient (Wildman–Crippen LogP) is 3.38. The number of rotatable bonds is 3. The third-order valence-corrected chi connectivity index (χ3v) is 3.69. The first kappa shape index (κ1) is 13.6. The van der Waals surface area contributed by atoms with Crippen LogP contribution in [0.3, 0.4) is 0 Å². The summed E-state index contributed by atoms with van der Waals surface area (Å²) in [6.45, 7) is 0. The Morgan fingerprint density at radius 1 is 0.952 bits per heavy atom. The van der Waals surface area contributed by atoms with E-state index in [0.717, 1.165) is 22.0 Å². The molecule has 1 aromatic heterocycles. The number of aliphatic hydroxyl groups excluding tert-OH is 1. The molecule has 0 fully saturated rings. The van der Waals surface area contributed by atoms with Crippen molar-refractivity contribution >= 4 is 16.5 Å². The van der Waals surface area contributed by atoms with Crippen LogP contribution in [0.2, 0.25) is 0 Å². The van der Waals surface area contributed by atoms with Crippen molar-refractivity contribution in [3.8, 4) is 0 Å². The molecule has 0 bridgehead atoms. The van der Waals surface area contributed by atoms with Crippen molar-refractivity contribution in [1.82, 2.24) is 4.98 Å².